The summed E-state index contributed by atoms with van der Waals surface area (Å²) in [5.41, 5.74) is -0.372. The Bertz CT molecular complexity index is 353. The number of alkyl halides is 1. The summed E-state index contributed by atoms with van der Waals surface area (Å²) in [7, 11) is 0. The van der Waals surface area contributed by atoms with E-state index in [9.17, 15) is 9.50 Å². The van der Waals surface area contributed by atoms with Gasteiger partial charge in [-0.25, -0.2) is 4.39 Å². The van der Waals surface area contributed by atoms with E-state index < -0.39 is 17.7 Å². The maximum atomic E-state index is 14.8. The molecule has 1 nitrogen and oxygen atoms in total. The molecule has 0 heterocycles. The molecule has 0 radical (unpaired) electrons. The van der Waals surface area contributed by atoms with Gasteiger partial charge in [-0.2, -0.15) is 0 Å². The Hall–Kier alpha value is -0.110. The van der Waals surface area contributed by atoms with Crippen molar-refractivity contribution in [3.63, 3.8) is 0 Å². The molecule has 3 aliphatic rings. The Morgan fingerprint density at radius 3 is 2.24 bits per heavy atom. The lowest BCUT2D eigenvalue weighted by molar-refractivity contribution is -0.132. The van der Waals surface area contributed by atoms with Crippen LogP contribution in [0.15, 0.2) is 0 Å². The number of aliphatic hydroxyl groups is 1. The average molecular weight is 240 g/mol. The van der Waals surface area contributed by atoms with Gasteiger partial charge >= 0.3 is 0 Å². The molecule has 3 rings (SSSR count). The van der Waals surface area contributed by atoms with Crippen molar-refractivity contribution in [2.75, 3.05) is 0 Å². The van der Waals surface area contributed by atoms with Crippen LogP contribution in [-0.4, -0.2) is 17.4 Å². The van der Waals surface area contributed by atoms with Crippen LogP contribution >= 0.6 is 0 Å². The predicted molar refractivity (Wildman–Crippen MR) is 66.3 cm³/mol. The molecule has 1 N–H and O–H groups in total. The lowest BCUT2D eigenvalue weighted by Crippen LogP contribution is -2.55. The van der Waals surface area contributed by atoms with Crippen LogP contribution in [-0.2, 0) is 0 Å². The summed E-state index contributed by atoms with van der Waals surface area (Å²) in [5, 5.41) is 10.6. The van der Waals surface area contributed by atoms with Gasteiger partial charge in [-0.3, -0.25) is 0 Å². The van der Waals surface area contributed by atoms with E-state index >= 15 is 0 Å². The molecule has 0 aromatic carbocycles. The first kappa shape index (κ1) is 12.0. The zero-order valence-corrected chi connectivity index (χ0v) is 11.5. The smallest absolute Gasteiger partial charge is 0.114 e. The van der Waals surface area contributed by atoms with Gasteiger partial charge in [0.1, 0.15) is 6.17 Å². The zero-order chi connectivity index (χ0) is 12.6. The first-order valence-corrected chi connectivity index (χ1v) is 7.03. The van der Waals surface area contributed by atoms with E-state index in [1.165, 1.54) is 0 Å². The van der Waals surface area contributed by atoms with E-state index in [0.29, 0.717) is 11.8 Å². The fourth-order valence-corrected chi connectivity index (χ4v) is 5.37. The van der Waals surface area contributed by atoms with Crippen molar-refractivity contribution in [1.82, 2.24) is 0 Å². The van der Waals surface area contributed by atoms with E-state index in [1.807, 2.05) is 6.92 Å². The summed E-state index contributed by atoms with van der Waals surface area (Å²) in [6.07, 6.45) is 2.72. The van der Waals surface area contributed by atoms with E-state index in [4.69, 9.17) is 0 Å². The fraction of sp³-hybridized carbons (Fsp3) is 1.00. The molecule has 0 unspecified atom stereocenters. The van der Waals surface area contributed by atoms with Crippen LogP contribution in [0.1, 0.15) is 53.4 Å². The van der Waals surface area contributed by atoms with Gasteiger partial charge in [0.25, 0.3) is 0 Å². The highest BCUT2D eigenvalue weighted by atomic mass is 19.1. The van der Waals surface area contributed by atoms with Crippen LogP contribution < -0.4 is 0 Å². The van der Waals surface area contributed by atoms with E-state index in [0.717, 1.165) is 25.7 Å². The predicted octanol–water partition coefficient (Wildman–Crippen LogP) is 3.56. The van der Waals surface area contributed by atoms with Crippen LogP contribution in [0.2, 0.25) is 0 Å². The highest BCUT2D eigenvalue weighted by molar-refractivity contribution is 5.17. The van der Waals surface area contributed by atoms with Gasteiger partial charge in [-0.15, -0.1) is 0 Å². The molecule has 98 valence electrons. The number of rotatable bonds is 0. The second-order valence-electron chi connectivity index (χ2n) is 8.16. The van der Waals surface area contributed by atoms with Gasteiger partial charge in [0.15, 0.2) is 0 Å². The normalized spacial score (nSPS) is 60.4. The standard InChI is InChI=1S/C15H25FO/c1-13(2)7-9-10(8-13)14(3)5-6-15(4,11(9)17)12(14)16/h9-12,17H,5-8H2,1-4H3/t9-,10+,11+,12+,14-,15+/m1/s1. The van der Waals surface area contributed by atoms with Gasteiger partial charge in [0.05, 0.1) is 6.10 Å². The highest BCUT2D eigenvalue weighted by Crippen LogP contribution is 2.69. The summed E-state index contributed by atoms with van der Waals surface area (Å²) in [4.78, 5) is 0. The summed E-state index contributed by atoms with van der Waals surface area (Å²) in [6, 6.07) is 0. The van der Waals surface area contributed by atoms with Gasteiger partial charge in [0.2, 0.25) is 0 Å². The minimum absolute atomic E-state index is 0.174. The molecule has 3 saturated carbocycles. The Kier molecular flexibility index (Phi) is 2.16. The van der Waals surface area contributed by atoms with Crippen molar-refractivity contribution in [3.05, 3.63) is 0 Å². The maximum Gasteiger partial charge on any atom is 0.114 e. The molecule has 0 spiro atoms. The first-order valence-electron chi connectivity index (χ1n) is 7.03. The second-order valence-corrected chi connectivity index (χ2v) is 8.16. The number of aliphatic hydroxyl groups excluding tert-OH is 1. The number of halogens is 1. The molecule has 0 amide bonds. The third-order valence-electron chi connectivity index (χ3n) is 6.37. The molecular weight excluding hydrogens is 215 g/mol. The minimum atomic E-state index is -0.819. The average Bonchev–Trinajstić information content (AvgIpc) is 2.67. The van der Waals surface area contributed by atoms with Crippen molar-refractivity contribution in [1.29, 1.82) is 0 Å². The summed E-state index contributed by atoms with van der Waals surface area (Å²) < 4.78 is 14.8. The molecule has 0 aromatic heterocycles. The third-order valence-corrected chi connectivity index (χ3v) is 6.37. The maximum absolute atomic E-state index is 14.8. The summed E-state index contributed by atoms with van der Waals surface area (Å²) >= 11 is 0. The largest absolute Gasteiger partial charge is 0.392 e. The van der Waals surface area contributed by atoms with Crippen LogP contribution in [0.25, 0.3) is 0 Å². The molecule has 2 bridgehead atoms. The Balaban J connectivity index is 2.05. The van der Waals surface area contributed by atoms with Crippen LogP contribution in [0, 0.1) is 28.1 Å². The molecule has 17 heavy (non-hydrogen) atoms. The Morgan fingerprint density at radius 1 is 1.00 bits per heavy atom. The first-order chi connectivity index (χ1) is 7.71. The van der Waals surface area contributed by atoms with E-state index in [1.54, 1.807) is 0 Å². The molecule has 0 aromatic rings. The zero-order valence-electron chi connectivity index (χ0n) is 11.5. The Labute approximate surface area is 104 Å². The van der Waals surface area contributed by atoms with Gasteiger partial charge in [-0.1, -0.05) is 27.7 Å². The lowest BCUT2D eigenvalue weighted by Gasteiger charge is -2.50. The second kappa shape index (κ2) is 3.07. The quantitative estimate of drug-likeness (QED) is 0.686. The minimum Gasteiger partial charge on any atom is -0.392 e. The van der Waals surface area contributed by atoms with Crippen LogP contribution in [0.4, 0.5) is 4.39 Å². The van der Waals surface area contributed by atoms with E-state index in [-0.39, 0.29) is 10.8 Å². The fourth-order valence-electron chi connectivity index (χ4n) is 5.37. The topological polar surface area (TPSA) is 20.2 Å². The van der Waals surface area contributed by atoms with Crippen molar-refractivity contribution < 1.29 is 9.50 Å². The molecule has 2 heteroatoms. The Morgan fingerprint density at radius 2 is 1.59 bits per heavy atom. The lowest BCUT2D eigenvalue weighted by atomic mass is 9.58. The van der Waals surface area contributed by atoms with Crippen molar-refractivity contribution in [3.8, 4) is 0 Å². The van der Waals surface area contributed by atoms with Gasteiger partial charge in [-0.05, 0) is 42.9 Å². The summed E-state index contributed by atoms with van der Waals surface area (Å²) in [5.74, 6) is 0.715. The van der Waals surface area contributed by atoms with Crippen molar-refractivity contribution in [2.45, 2.75) is 65.7 Å². The van der Waals surface area contributed by atoms with Crippen LogP contribution in [0.5, 0.6) is 0 Å². The van der Waals surface area contributed by atoms with Crippen molar-refractivity contribution >= 4 is 0 Å². The molecule has 0 saturated heterocycles. The van der Waals surface area contributed by atoms with Crippen molar-refractivity contribution in [2.24, 2.45) is 28.1 Å². The third kappa shape index (κ3) is 1.28. The SMILES string of the molecule is CC1(C)C[C@H]2[C@H](O)[C@]3(C)CC[C@@](C)([C@@H]3F)[C@H]2C1. The van der Waals surface area contributed by atoms with E-state index in [2.05, 4.69) is 20.8 Å². The molecule has 3 aliphatic carbocycles. The van der Waals surface area contributed by atoms with Crippen LogP contribution in [0.3, 0.4) is 0 Å². The number of fused-ring (bicyclic) bond motifs is 4. The monoisotopic (exact) mass is 240 g/mol. The number of hydrogen-bond acceptors (Lipinski definition) is 1. The summed E-state index contributed by atoms with van der Waals surface area (Å²) in [6.45, 7) is 8.64. The highest BCUT2D eigenvalue weighted by Gasteiger charge is 2.68. The molecule has 0 aliphatic heterocycles. The van der Waals surface area contributed by atoms with Gasteiger partial charge in [0, 0.05) is 10.8 Å². The molecule has 6 atom stereocenters. The molecule has 3 fully saturated rings. The van der Waals surface area contributed by atoms with Gasteiger partial charge < -0.3 is 5.11 Å². The number of hydrogen-bond donors (Lipinski definition) is 1. The molecular formula is C15H25FO.